The van der Waals surface area contributed by atoms with Crippen LogP contribution >= 0.6 is 18.9 Å². The summed E-state index contributed by atoms with van der Waals surface area (Å²) in [7, 11) is -1.24. The van der Waals surface area contributed by atoms with Gasteiger partial charge in [-0.05, 0) is 37.1 Å². The van der Waals surface area contributed by atoms with Crippen molar-refractivity contribution in [3.63, 3.8) is 0 Å². The monoisotopic (exact) mass is 374 g/mol. The third-order valence-corrected chi connectivity index (χ3v) is 9.29. The van der Waals surface area contributed by atoms with Crippen molar-refractivity contribution in [3.05, 3.63) is 40.8 Å². The molecule has 130 valence electrons. The Kier molecular flexibility index (Phi) is 4.28. The summed E-state index contributed by atoms with van der Waals surface area (Å²) in [4.78, 5) is 19.4. The first-order valence-corrected chi connectivity index (χ1v) is 11.4. The lowest BCUT2D eigenvalue weighted by atomic mass is 10.1. The van der Waals surface area contributed by atoms with Gasteiger partial charge in [0.1, 0.15) is 12.6 Å². The van der Waals surface area contributed by atoms with E-state index in [-0.39, 0.29) is 12.1 Å². The van der Waals surface area contributed by atoms with Gasteiger partial charge in [-0.1, -0.05) is 17.5 Å². The van der Waals surface area contributed by atoms with Crippen LogP contribution in [0.3, 0.4) is 0 Å². The van der Waals surface area contributed by atoms with Crippen molar-refractivity contribution in [2.24, 2.45) is 0 Å². The second-order valence-electron chi connectivity index (χ2n) is 7.23. The number of rotatable bonds is 1. The first-order valence-electron chi connectivity index (χ1n) is 8.60. The Labute approximate surface area is 154 Å². The lowest BCUT2D eigenvalue weighted by Crippen LogP contribution is -2.43. The molecule has 0 bridgehead atoms. The fourth-order valence-electron chi connectivity index (χ4n) is 4.15. The number of nitrogens with zero attached hydrogens (tertiary/aromatic N) is 3. The smallest absolute Gasteiger partial charge is 0.291 e. The van der Waals surface area contributed by atoms with Gasteiger partial charge in [0.05, 0.1) is 25.8 Å². The molecule has 1 fully saturated rings. The minimum Gasteiger partial charge on any atom is -0.291 e. The van der Waals surface area contributed by atoms with Crippen molar-refractivity contribution in [1.29, 1.82) is 0 Å². The van der Waals surface area contributed by atoms with Crippen LogP contribution in [0.1, 0.15) is 12.5 Å². The van der Waals surface area contributed by atoms with E-state index >= 15 is 0 Å². The van der Waals surface area contributed by atoms with E-state index in [9.17, 15) is 4.79 Å². The third-order valence-electron chi connectivity index (χ3n) is 5.36. The van der Waals surface area contributed by atoms with E-state index in [0.29, 0.717) is 6.54 Å². The molecule has 3 aliphatic heterocycles. The van der Waals surface area contributed by atoms with Crippen molar-refractivity contribution in [2.75, 3.05) is 36.7 Å². The van der Waals surface area contributed by atoms with E-state index < -0.39 is 7.26 Å². The average molecular weight is 375 g/mol. The quantitative estimate of drug-likeness (QED) is 0.551. The largest absolute Gasteiger partial charge is 0.331 e. The molecule has 4 nitrogen and oxygen atoms in total. The number of benzene rings is 1. The average Bonchev–Trinajstić information content (AvgIpc) is 3.25. The summed E-state index contributed by atoms with van der Waals surface area (Å²) in [6, 6.07) is 6.04. The van der Waals surface area contributed by atoms with Gasteiger partial charge in [-0.25, -0.2) is 4.79 Å². The van der Waals surface area contributed by atoms with E-state index in [0.717, 1.165) is 48.0 Å². The van der Waals surface area contributed by atoms with Crippen LogP contribution in [0.25, 0.3) is 0 Å². The number of hydrogen-bond donors (Lipinski definition) is 0. The van der Waals surface area contributed by atoms with E-state index in [1.54, 1.807) is 0 Å². The highest BCUT2D eigenvalue weighted by Crippen LogP contribution is 2.66. The molecule has 2 unspecified atom stereocenters. The molecular weight excluding hydrogens is 353 g/mol. The van der Waals surface area contributed by atoms with Gasteiger partial charge in [-0.3, -0.25) is 14.7 Å². The molecule has 1 saturated heterocycles. The molecule has 2 atom stereocenters. The summed E-state index contributed by atoms with van der Waals surface area (Å²) in [6.45, 7) is 3.85. The summed E-state index contributed by atoms with van der Waals surface area (Å²) < 4.78 is 0. The number of amides is 2. The Balaban J connectivity index is 1.50. The molecule has 6 heteroatoms. The summed E-state index contributed by atoms with van der Waals surface area (Å²) >= 11 is 6.11. The van der Waals surface area contributed by atoms with Crippen molar-refractivity contribution in [3.8, 4) is 12.3 Å². The number of terminal acetylenes is 1. The van der Waals surface area contributed by atoms with Crippen molar-refractivity contribution >= 4 is 30.6 Å². The first-order chi connectivity index (χ1) is 12.0. The maximum Gasteiger partial charge on any atom is 0.331 e. The zero-order valence-electron chi connectivity index (χ0n) is 14.4. The highest BCUT2D eigenvalue weighted by molar-refractivity contribution is 7.79. The number of urea groups is 1. The number of halogens is 1. The predicted molar refractivity (Wildman–Crippen MR) is 105 cm³/mol. The molecule has 1 aromatic carbocycles. The second-order valence-corrected chi connectivity index (χ2v) is 11.4. The van der Waals surface area contributed by atoms with Gasteiger partial charge in [0.15, 0.2) is 0 Å². The molecular formula is C19H22ClN3OP+. The second kappa shape index (κ2) is 6.32. The predicted octanol–water partition coefficient (Wildman–Crippen LogP) is 3.88. The minimum absolute atomic E-state index is 0.0806. The SMILES string of the molecule is C#CCN1CC[P+]2(C=CN(C(=O)N3c4ccc(Cl)cc4CC3C)C2)C1. The molecule has 0 aromatic heterocycles. The lowest BCUT2D eigenvalue weighted by Gasteiger charge is -2.27. The molecule has 25 heavy (non-hydrogen) atoms. The molecule has 0 radical (unpaired) electrons. The number of fused-ring (bicyclic) bond motifs is 1. The topological polar surface area (TPSA) is 26.8 Å². The molecule has 1 aromatic rings. The molecule has 0 saturated carbocycles. The van der Waals surface area contributed by atoms with E-state index in [1.165, 1.54) is 0 Å². The Bertz CT molecular complexity index is 789. The Hall–Kier alpha value is -1.53. The lowest BCUT2D eigenvalue weighted by molar-refractivity contribution is 0.226. The first kappa shape index (κ1) is 16.9. The highest BCUT2D eigenvalue weighted by atomic mass is 35.5. The fourth-order valence-corrected chi connectivity index (χ4v) is 8.04. The molecule has 3 heterocycles. The van der Waals surface area contributed by atoms with Crippen LogP contribution < -0.4 is 4.90 Å². The molecule has 4 rings (SSSR count). The molecule has 0 aliphatic carbocycles. The molecule has 0 N–H and O–H groups in total. The van der Waals surface area contributed by atoms with Gasteiger partial charge < -0.3 is 0 Å². The number of carbonyl (C=O) groups is 1. The van der Waals surface area contributed by atoms with E-state index in [1.807, 2.05) is 34.2 Å². The normalized spacial score (nSPS) is 28.0. The van der Waals surface area contributed by atoms with Crippen LogP contribution in [0.5, 0.6) is 0 Å². The molecule has 2 amide bonds. The summed E-state index contributed by atoms with van der Waals surface area (Å²) in [6.07, 6.45) is 11.4. The summed E-state index contributed by atoms with van der Waals surface area (Å²) in [5.74, 6) is 5.05. The number of hydrogen-bond acceptors (Lipinski definition) is 2. The minimum atomic E-state index is -1.24. The van der Waals surface area contributed by atoms with Crippen LogP contribution in [0.4, 0.5) is 10.5 Å². The Morgan fingerprint density at radius 3 is 3.08 bits per heavy atom. The van der Waals surface area contributed by atoms with Gasteiger partial charge >= 0.3 is 6.03 Å². The maximum atomic E-state index is 13.2. The van der Waals surface area contributed by atoms with Crippen LogP contribution in [-0.4, -0.2) is 53.7 Å². The Morgan fingerprint density at radius 1 is 1.44 bits per heavy atom. The van der Waals surface area contributed by atoms with E-state index in [4.69, 9.17) is 18.0 Å². The number of anilines is 1. The van der Waals surface area contributed by atoms with Crippen molar-refractivity contribution in [2.45, 2.75) is 19.4 Å². The van der Waals surface area contributed by atoms with Gasteiger partial charge in [-0.15, -0.1) is 6.42 Å². The zero-order valence-corrected chi connectivity index (χ0v) is 16.0. The van der Waals surface area contributed by atoms with Crippen LogP contribution in [0.2, 0.25) is 5.02 Å². The third kappa shape index (κ3) is 2.95. The van der Waals surface area contributed by atoms with Crippen LogP contribution in [-0.2, 0) is 6.42 Å². The molecule has 1 spiro atoms. The highest BCUT2D eigenvalue weighted by Gasteiger charge is 2.49. The maximum absolute atomic E-state index is 13.2. The molecule has 3 aliphatic rings. The van der Waals surface area contributed by atoms with Crippen LogP contribution in [0.15, 0.2) is 30.2 Å². The van der Waals surface area contributed by atoms with E-state index in [2.05, 4.69) is 23.6 Å². The number of carbonyl (C=O) groups excluding carboxylic acids is 1. The van der Waals surface area contributed by atoms with Gasteiger partial charge in [-0.2, -0.15) is 0 Å². The van der Waals surface area contributed by atoms with Gasteiger partial charge in [0.2, 0.25) is 0 Å². The summed E-state index contributed by atoms with van der Waals surface area (Å²) in [5.41, 5.74) is 2.15. The van der Waals surface area contributed by atoms with Crippen molar-refractivity contribution < 1.29 is 4.79 Å². The van der Waals surface area contributed by atoms with Gasteiger partial charge in [0.25, 0.3) is 0 Å². The fraction of sp³-hybridized carbons (Fsp3) is 0.421. The Morgan fingerprint density at radius 2 is 2.28 bits per heavy atom. The van der Waals surface area contributed by atoms with Crippen LogP contribution in [0, 0.1) is 12.3 Å². The van der Waals surface area contributed by atoms with Crippen molar-refractivity contribution in [1.82, 2.24) is 9.80 Å². The van der Waals surface area contributed by atoms with Gasteiger partial charge in [0, 0.05) is 29.5 Å². The summed E-state index contributed by atoms with van der Waals surface area (Å²) in [5, 5.41) is 0.728. The zero-order chi connectivity index (χ0) is 17.6. The standard InChI is InChI=1S/C19H22ClN3OP/c1-3-6-21-7-9-25(13-21)10-8-22(14-25)19(24)23-15(2)11-16-12-17(20)4-5-18(16)23/h1,4-5,8,10,12,15H,6-7,9,11,13-14H2,2H3/q+1.